The van der Waals surface area contributed by atoms with Crippen LogP contribution in [0.3, 0.4) is 0 Å². The van der Waals surface area contributed by atoms with Crippen LogP contribution in [0.25, 0.3) is 11.6 Å². The maximum Gasteiger partial charge on any atom is 0.269 e. The van der Waals surface area contributed by atoms with Crippen LogP contribution in [0.2, 0.25) is 0 Å². The molecule has 0 aliphatic rings. The minimum Gasteiger partial charge on any atom is -0.492 e. The van der Waals surface area contributed by atoms with Gasteiger partial charge < -0.3 is 10.1 Å². The van der Waals surface area contributed by atoms with E-state index in [4.69, 9.17) is 4.74 Å². The highest BCUT2D eigenvalue weighted by Crippen LogP contribution is 2.24. The van der Waals surface area contributed by atoms with Gasteiger partial charge in [0, 0.05) is 6.54 Å². The normalized spacial score (nSPS) is 12.3. The first-order valence-corrected chi connectivity index (χ1v) is 11.2. The van der Waals surface area contributed by atoms with Gasteiger partial charge in [-0.15, -0.1) is 11.3 Å². The topological polar surface area (TPSA) is 84.1 Å². The summed E-state index contributed by atoms with van der Waals surface area (Å²) < 4.78 is 7.82. The summed E-state index contributed by atoms with van der Waals surface area (Å²) >= 11 is 1.15. The lowest BCUT2D eigenvalue weighted by Crippen LogP contribution is -2.33. The number of aryl methyl sites for hydroxylation is 2. The molecule has 2 aromatic carbocycles. The predicted molar refractivity (Wildman–Crippen MR) is 128 cm³/mol. The van der Waals surface area contributed by atoms with Crippen molar-refractivity contribution in [2.24, 2.45) is 0 Å². The zero-order valence-corrected chi connectivity index (χ0v) is 19.4. The zero-order chi connectivity index (χ0) is 23.3. The Kier molecular flexibility index (Phi) is 7.29. The van der Waals surface area contributed by atoms with Crippen molar-refractivity contribution < 1.29 is 9.53 Å². The van der Waals surface area contributed by atoms with E-state index in [2.05, 4.69) is 11.4 Å². The fourth-order valence-electron chi connectivity index (χ4n) is 3.35. The smallest absolute Gasteiger partial charge is 0.269 e. The lowest BCUT2D eigenvalue weighted by molar-refractivity contribution is -0.111. The van der Waals surface area contributed by atoms with Crippen LogP contribution in [0.5, 0.6) is 5.75 Å². The van der Waals surface area contributed by atoms with Crippen LogP contribution in [0.15, 0.2) is 47.3 Å². The van der Waals surface area contributed by atoms with Crippen molar-refractivity contribution in [2.45, 2.75) is 34.2 Å². The highest BCUT2D eigenvalue weighted by Gasteiger charge is 2.17. The van der Waals surface area contributed by atoms with E-state index in [1.807, 2.05) is 52.0 Å². The van der Waals surface area contributed by atoms with Gasteiger partial charge in [0.05, 0.1) is 16.8 Å². The molecule has 164 valence electrons. The molecule has 3 aromatic rings. The molecule has 0 saturated carbocycles. The number of carbonyl (C=O) groups excluding carboxylic acids is 1. The molecular formula is C25H25N3O3S. The number of rotatable bonds is 6. The number of benzene rings is 2. The third kappa shape index (κ3) is 4.82. The van der Waals surface area contributed by atoms with Gasteiger partial charge in [-0.25, -0.2) is 0 Å². The highest BCUT2D eigenvalue weighted by atomic mass is 32.1. The largest absolute Gasteiger partial charge is 0.492 e. The van der Waals surface area contributed by atoms with Gasteiger partial charge >= 0.3 is 0 Å². The van der Waals surface area contributed by atoms with Crippen LogP contribution in [-0.2, 0) is 11.3 Å². The number of ether oxygens (including phenoxy) is 1. The number of carbonyl (C=O) groups is 1. The Labute approximate surface area is 190 Å². The first-order valence-electron chi connectivity index (χ1n) is 10.4. The van der Waals surface area contributed by atoms with Gasteiger partial charge in [0.2, 0.25) is 0 Å². The summed E-state index contributed by atoms with van der Waals surface area (Å²) in [5, 5.41) is 12.5. The fourth-order valence-corrected chi connectivity index (χ4v) is 4.51. The molecule has 3 rings (SSSR count). The summed E-state index contributed by atoms with van der Waals surface area (Å²) in [5.74, 6) is -0.0651. The number of anilines is 1. The number of hydrogen-bond acceptors (Lipinski definition) is 5. The number of nitriles is 1. The number of aromatic nitrogens is 1. The van der Waals surface area contributed by atoms with Crippen molar-refractivity contribution in [1.29, 1.82) is 5.26 Å². The Balaban J connectivity index is 2.14. The van der Waals surface area contributed by atoms with E-state index in [0.29, 0.717) is 33.8 Å². The summed E-state index contributed by atoms with van der Waals surface area (Å²) in [6.45, 7) is 8.46. The summed E-state index contributed by atoms with van der Waals surface area (Å²) in [6, 6.07) is 15.0. The minimum atomic E-state index is -0.582. The van der Waals surface area contributed by atoms with Crippen LogP contribution in [-0.4, -0.2) is 17.1 Å². The maximum atomic E-state index is 13.0. The third-order valence-corrected chi connectivity index (χ3v) is 6.05. The standard InChI is InChI=1S/C25H25N3O3S/c1-5-28-24(30)22(14-18-12-11-16(3)13-17(18)4)32-25(28)19(15-26)23(29)27-20-9-7-8-10-21(20)31-6-2/h7-14H,5-6H2,1-4H3,(H,27,29)/b22-14-,25-19-. The molecule has 0 aliphatic carbocycles. The van der Waals surface area contributed by atoms with Crippen LogP contribution < -0.4 is 24.8 Å². The molecular weight excluding hydrogens is 422 g/mol. The molecule has 1 aromatic heterocycles. The van der Waals surface area contributed by atoms with E-state index in [1.165, 1.54) is 4.57 Å². The van der Waals surface area contributed by atoms with Crippen LogP contribution in [0.4, 0.5) is 5.69 Å². The molecule has 0 bridgehead atoms. The molecule has 0 unspecified atom stereocenters. The molecule has 0 fully saturated rings. The van der Waals surface area contributed by atoms with Crippen molar-refractivity contribution in [2.75, 3.05) is 11.9 Å². The molecule has 6 nitrogen and oxygen atoms in total. The van der Waals surface area contributed by atoms with Crippen LogP contribution in [0, 0.1) is 25.2 Å². The van der Waals surface area contributed by atoms with Crippen LogP contribution in [0.1, 0.15) is 30.5 Å². The summed E-state index contributed by atoms with van der Waals surface area (Å²) in [6.07, 6.45) is 1.81. The van der Waals surface area contributed by atoms with Gasteiger partial charge in [-0.3, -0.25) is 14.2 Å². The second kappa shape index (κ2) is 10.1. The van der Waals surface area contributed by atoms with E-state index in [0.717, 1.165) is 28.0 Å². The monoisotopic (exact) mass is 447 g/mol. The first-order chi connectivity index (χ1) is 15.4. The van der Waals surface area contributed by atoms with E-state index < -0.39 is 5.91 Å². The van der Waals surface area contributed by atoms with Gasteiger partial charge in [-0.2, -0.15) is 5.26 Å². The number of nitrogens with zero attached hydrogens (tertiary/aromatic N) is 2. The van der Waals surface area contributed by atoms with Gasteiger partial charge in [0.1, 0.15) is 16.5 Å². The molecule has 0 atom stereocenters. The second-order valence-electron chi connectivity index (χ2n) is 7.20. The molecule has 0 radical (unpaired) electrons. The van der Waals surface area contributed by atoms with Gasteiger partial charge in [-0.1, -0.05) is 35.9 Å². The summed E-state index contributed by atoms with van der Waals surface area (Å²) in [5.41, 5.74) is 3.26. The third-order valence-electron chi connectivity index (χ3n) is 4.92. The zero-order valence-electron chi connectivity index (χ0n) is 18.6. The second-order valence-corrected chi connectivity index (χ2v) is 8.23. The van der Waals surface area contributed by atoms with Crippen molar-refractivity contribution in [1.82, 2.24) is 4.57 Å². The Morgan fingerprint density at radius 2 is 1.97 bits per heavy atom. The van der Waals surface area contributed by atoms with Gasteiger partial charge in [0.25, 0.3) is 11.5 Å². The summed E-state index contributed by atoms with van der Waals surface area (Å²) in [7, 11) is 0. The SMILES string of the molecule is CCOc1ccccc1NC(=O)/C(C#N)=c1\s/c(=C\c2ccc(C)cc2C)c(=O)n1CC. The fraction of sp³-hybridized carbons (Fsp3) is 0.240. The van der Waals surface area contributed by atoms with E-state index >= 15 is 0 Å². The highest BCUT2D eigenvalue weighted by molar-refractivity contribution is 7.07. The molecule has 7 heteroatoms. The average molecular weight is 448 g/mol. The van der Waals surface area contributed by atoms with Crippen LogP contribution >= 0.6 is 11.3 Å². The van der Waals surface area contributed by atoms with E-state index in [9.17, 15) is 14.9 Å². The molecule has 32 heavy (non-hydrogen) atoms. The lowest BCUT2D eigenvalue weighted by atomic mass is 10.1. The van der Waals surface area contributed by atoms with Crippen molar-refractivity contribution in [3.63, 3.8) is 0 Å². The molecule has 1 heterocycles. The molecule has 0 spiro atoms. The van der Waals surface area contributed by atoms with Gasteiger partial charge in [-0.05, 0) is 57.0 Å². The van der Waals surface area contributed by atoms with E-state index in [1.54, 1.807) is 24.3 Å². The quantitative estimate of drug-likeness (QED) is 0.629. The molecule has 0 aliphatic heterocycles. The van der Waals surface area contributed by atoms with Crippen molar-refractivity contribution in [3.05, 3.63) is 78.7 Å². The Morgan fingerprint density at radius 1 is 1.22 bits per heavy atom. The Bertz CT molecular complexity index is 1380. The minimum absolute atomic E-state index is 0.111. The number of nitrogens with one attached hydrogen (secondary N) is 1. The molecule has 1 amide bonds. The Hall–Kier alpha value is -3.63. The van der Waals surface area contributed by atoms with Gasteiger partial charge in [0.15, 0.2) is 5.57 Å². The van der Waals surface area contributed by atoms with Crippen molar-refractivity contribution in [3.8, 4) is 11.8 Å². The maximum absolute atomic E-state index is 13.0. The predicted octanol–water partition coefficient (Wildman–Crippen LogP) is 3.09. The van der Waals surface area contributed by atoms with E-state index in [-0.39, 0.29) is 11.1 Å². The summed E-state index contributed by atoms with van der Waals surface area (Å²) in [4.78, 5) is 26.0. The van der Waals surface area contributed by atoms with Crippen molar-refractivity contribution >= 4 is 34.6 Å². The Morgan fingerprint density at radius 3 is 2.62 bits per heavy atom. The first kappa shape index (κ1) is 23.0. The number of amides is 1. The number of para-hydroxylation sites is 2. The molecule has 0 saturated heterocycles. The molecule has 1 N–H and O–H groups in total. The number of thiazole rings is 1. The average Bonchev–Trinajstić information content (AvgIpc) is 3.07. The number of hydrogen-bond donors (Lipinski definition) is 1. The lowest BCUT2D eigenvalue weighted by Gasteiger charge is -2.10.